The fraction of sp³-hybridized carbons (Fsp3) is 0.417. The summed E-state index contributed by atoms with van der Waals surface area (Å²) in [6.45, 7) is 1.62. The van der Waals surface area contributed by atoms with Crippen molar-refractivity contribution >= 4 is 21.4 Å². The van der Waals surface area contributed by atoms with E-state index in [1.54, 1.807) is 25.1 Å². The van der Waals surface area contributed by atoms with E-state index in [0.29, 0.717) is 5.69 Å². The number of nitrogen functional groups attached to an aromatic ring is 1. The second-order valence-electron chi connectivity index (χ2n) is 4.39. The van der Waals surface area contributed by atoms with Crippen molar-refractivity contribution in [3.63, 3.8) is 0 Å². The molecule has 1 atom stereocenters. The van der Waals surface area contributed by atoms with Crippen molar-refractivity contribution in [3.8, 4) is 5.75 Å². The molecule has 106 valence electrons. The number of methoxy groups -OCH3 is 1. The number of carbonyl (C=O) groups excluding carboxylic acids is 1. The summed E-state index contributed by atoms with van der Waals surface area (Å²) in [4.78, 5) is 12.0. The van der Waals surface area contributed by atoms with Crippen LogP contribution >= 0.6 is 0 Å². The molecule has 0 saturated carbocycles. The smallest absolute Gasteiger partial charge is 0.255 e. The lowest BCUT2D eigenvalue weighted by Gasteiger charge is -2.15. The maximum atomic E-state index is 12.0. The van der Waals surface area contributed by atoms with Crippen LogP contribution in [0.5, 0.6) is 5.75 Å². The van der Waals surface area contributed by atoms with Gasteiger partial charge in [0.15, 0.2) is 5.75 Å². The van der Waals surface area contributed by atoms with Crippen LogP contribution in [-0.2, 0) is 9.84 Å². The van der Waals surface area contributed by atoms with Crippen molar-refractivity contribution in [3.05, 3.63) is 23.8 Å². The van der Waals surface area contributed by atoms with Crippen LogP contribution in [0.25, 0.3) is 0 Å². The molecule has 3 N–H and O–H groups in total. The van der Waals surface area contributed by atoms with Crippen molar-refractivity contribution in [2.24, 2.45) is 0 Å². The first kappa shape index (κ1) is 15.3. The molecule has 0 heterocycles. The van der Waals surface area contributed by atoms with Gasteiger partial charge < -0.3 is 15.8 Å². The van der Waals surface area contributed by atoms with Crippen LogP contribution in [0.15, 0.2) is 18.2 Å². The molecule has 1 aromatic rings. The summed E-state index contributed by atoms with van der Waals surface area (Å²) in [5.74, 6) is -0.254. The number of rotatable bonds is 5. The molecule has 0 aliphatic rings. The number of carbonyl (C=O) groups is 1. The van der Waals surface area contributed by atoms with E-state index in [2.05, 4.69) is 5.32 Å². The lowest BCUT2D eigenvalue weighted by Crippen LogP contribution is -2.37. The molecule has 0 aromatic heterocycles. The highest BCUT2D eigenvalue weighted by atomic mass is 32.2. The van der Waals surface area contributed by atoms with Gasteiger partial charge in [0.05, 0.1) is 24.1 Å². The molecule has 0 saturated heterocycles. The predicted octanol–water partition coefficient (Wildman–Crippen LogP) is 0.440. The second kappa shape index (κ2) is 5.92. The lowest BCUT2D eigenvalue weighted by atomic mass is 10.1. The molecule has 0 aliphatic heterocycles. The van der Waals surface area contributed by atoms with Crippen molar-refractivity contribution in [1.29, 1.82) is 0 Å². The minimum atomic E-state index is -3.15. The Balaban J connectivity index is 2.87. The highest BCUT2D eigenvalue weighted by Crippen LogP contribution is 2.25. The third-order valence-corrected chi connectivity index (χ3v) is 3.53. The Morgan fingerprint density at radius 3 is 2.63 bits per heavy atom. The van der Waals surface area contributed by atoms with Crippen LogP contribution in [0.3, 0.4) is 0 Å². The minimum absolute atomic E-state index is 0.122. The van der Waals surface area contributed by atoms with Gasteiger partial charge in [0.1, 0.15) is 9.84 Å². The first-order valence-electron chi connectivity index (χ1n) is 5.65. The van der Waals surface area contributed by atoms with E-state index in [4.69, 9.17) is 10.5 Å². The molecule has 0 spiro atoms. The quantitative estimate of drug-likeness (QED) is 0.765. The zero-order valence-corrected chi connectivity index (χ0v) is 12.0. The summed E-state index contributed by atoms with van der Waals surface area (Å²) in [6, 6.07) is 4.33. The molecule has 1 aromatic carbocycles. The summed E-state index contributed by atoms with van der Waals surface area (Å²) >= 11 is 0. The number of sulfone groups is 1. The van der Waals surface area contributed by atoms with Gasteiger partial charge in [-0.3, -0.25) is 4.79 Å². The van der Waals surface area contributed by atoms with Gasteiger partial charge in [-0.2, -0.15) is 0 Å². The number of nitrogens with one attached hydrogen (secondary N) is 1. The molecule has 19 heavy (non-hydrogen) atoms. The Morgan fingerprint density at radius 2 is 2.11 bits per heavy atom. The Bertz CT molecular complexity index is 569. The Morgan fingerprint density at radius 1 is 1.47 bits per heavy atom. The van der Waals surface area contributed by atoms with Crippen molar-refractivity contribution in [2.75, 3.05) is 24.9 Å². The zero-order valence-electron chi connectivity index (χ0n) is 11.1. The van der Waals surface area contributed by atoms with Gasteiger partial charge in [-0.15, -0.1) is 0 Å². The number of anilines is 1. The highest BCUT2D eigenvalue weighted by molar-refractivity contribution is 7.90. The predicted molar refractivity (Wildman–Crippen MR) is 74.0 cm³/mol. The molecule has 1 rings (SSSR count). The lowest BCUT2D eigenvalue weighted by molar-refractivity contribution is 0.0940. The molecule has 1 unspecified atom stereocenters. The van der Waals surface area contributed by atoms with Gasteiger partial charge in [0.2, 0.25) is 0 Å². The summed E-state index contributed by atoms with van der Waals surface area (Å²) in [5.41, 5.74) is 6.33. The normalized spacial score (nSPS) is 12.8. The summed E-state index contributed by atoms with van der Waals surface area (Å²) in [7, 11) is -1.73. The molecule has 0 radical (unpaired) electrons. The topological polar surface area (TPSA) is 98.5 Å². The third kappa shape index (κ3) is 4.44. The van der Waals surface area contributed by atoms with E-state index in [0.717, 1.165) is 6.26 Å². The third-order valence-electron chi connectivity index (χ3n) is 2.42. The van der Waals surface area contributed by atoms with Crippen LogP contribution in [0.1, 0.15) is 17.3 Å². The van der Waals surface area contributed by atoms with Crippen LogP contribution in [0.2, 0.25) is 0 Å². The first-order chi connectivity index (χ1) is 8.74. The van der Waals surface area contributed by atoms with Crippen molar-refractivity contribution < 1.29 is 17.9 Å². The van der Waals surface area contributed by atoms with Gasteiger partial charge in [-0.05, 0) is 19.1 Å². The number of hydrogen-bond donors (Lipinski definition) is 2. The molecule has 1 amide bonds. The van der Waals surface area contributed by atoms with E-state index >= 15 is 0 Å². The SMILES string of the molecule is COc1c(N)cccc1C(=O)NC(C)CS(C)(=O)=O. The standard InChI is InChI=1S/C12H18N2O4S/c1-8(7-19(3,16)17)14-12(15)9-5-4-6-10(13)11(9)18-2/h4-6,8H,7,13H2,1-3H3,(H,14,15). The average Bonchev–Trinajstić information content (AvgIpc) is 2.25. The maximum Gasteiger partial charge on any atom is 0.255 e. The Hall–Kier alpha value is -1.76. The van der Waals surface area contributed by atoms with E-state index in [1.807, 2.05) is 0 Å². The Labute approximate surface area is 112 Å². The van der Waals surface area contributed by atoms with Crippen LogP contribution in [0, 0.1) is 0 Å². The van der Waals surface area contributed by atoms with Crippen LogP contribution < -0.4 is 15.8 Å². The monoisotopic (exact) mass is 286 g/mol. The molecule has 0 bridgehead atoms. The van der Waals surface area contributed by atoms with E-state index in [-0.39, 0.29) is 17.1 Å². The average molecular weight is 286 g/mol. The first-order valence-corrected chi connectivity index (χ1v) is 7.71. The fourth-order valence-electron chi connectivity index (χ4n) is 1.76. The largest absolute Gasteiger partial charge is 0.494 e. The number of benzene rings is 1. The summed E-state index contributed by atoms with van der Waals surface area (Å²) in [6.07, 6.45) is 1.12. The van der Waals surface area contributed by atoms with Crippen LogP contribution in [0.4, 0.5) is 5.69 Å². The number of ether oxygens (including phenoxy) is 1. The maximum absolute atomic E-state index is 12.0. The number of nitrogens with two attached hydrogens (primary N) is 1. The molecule has 0 aliphatic carbocycles. The minimum Gasteiger partial charge on any atom is -0.494 e. The zero-order chi connectivity index (χ0) is 14.6. The summed E-state index contributed by atoms with van der Waals surface area (Å²) < 4.78 is 27.4. The van der Waals surface area contributed by atoms with Crippen LogP contribution in [-0.4, -0.2) is 39.5 Å². The highest BCUT2D eigenvalue weighted by Gasteiger charge is 2.18. The second-order valence-corrected chi connectivity index (χ2v) is 6.58. The molecule has 7 heteroatoms. The van der Waals surface area contributed by atoms with Gasteiger partial charge >= 0.3 is 0 Å². The number of hydrogen-bond acceptors (Lipinski definition) is 5. The van der Waals surface area contributed by atoms with E-state index in [9.17, 15) is 13.2 Å². The van der Waals surface area contributed by atoms with Gasteiger partial charge in [0, 0.05) is 12.3 Å². The van der Waals surface area contributed by atoms with E-state index < -0.39 is 21.8 Å². The van der Waals surface area contributed by atoms with Gasteiger partial charge in [-0.1, -0.05) is 6.07 Å². The fourth-order valence-corrected chi connectivity index (χ4v) is 2.75. The van der Waals surface area contributed by atoms with Gasteiger partial charge in [0.25, 0.3) is 5.91 Å². The molecule has 6 nitrogen and oxygen atoms in total. The molecular formula is C12H18N2O4S. The van der Waals surface area contributed by atoms with Gasteiger partial charge in [-0.25, -0.2) is 8.42 Å². The van der Waals surface area contributed by atoms with Crippen molar-refractivity contribution in [1.82, 2.24) is 5.32 Å². The molecule has 0 fully saturated rings. The number of para-hydroxylation sites is 1. The summed E-state index contributed by atoms with van der Waals surface area (Å²) in [5, 5.41) is 2.60. The van der Waals surface area contributed by atoms with E-state index in [1.165, 1.54) is 7.11 Å². The molecular weight excluding hydrogens is 268 g/mol. The Kier molecular flexibility index (Phi) is 4.77. The van der Waals surface area contributed by atoms with Crippen molar-refractivity contribution in [2.45, 2.75) is 13.0 Å². The number of amides is 1.